The van der Waals surface area contributed by atoms with Crippen molar-refractivity contribution in [2.75, 3.05) is 26.4 Å². The topological polar surface area (TPSA) is 171 Å². The number of fused-ring (bicyclic) bond motifs is 2. The monoisotopic (exact) mass is 521 g/mol. The molecule has 13 nitrogen and oxygen atoms in total. The second kappa shape index (κ2) is 9.08. The van der Waals surface area contributed by atoms with Crippen molar-refractivity contribution in [3.05, 3.63) is 24.2 Å². The van der Waals surface area contributed by atoms with E-state index in [0.717, 1.165) is 0 Å². The van der Waals surface area contributed by atoms with Crippen LogP contribution >= 0.6 is 0 Å². The predicted octanol–water partition coefficient (Wildman–Crippen LogP) is 0.461. The van der Waals surface area contributed by atoms with Gasteiger partial charge in [-0.3, -0.25) is 9.69 Å². The number of aliphatic hydroxyl groups is 2. The van der Waals surface area contributed by atoms with Gasteiger partial charge in [-0.05, 0) is 45.5 Å². The zero-order chi connectivity index (χ0) is 27.5. The SMILES string of the molecule is C[C@@H](OC(=O)OC1[C@H]2O[C@@](C)(c3ccc4c(N)ncnn34)[C@H](O)[C@@]12O)[C@@H](C(=O)OCC(C)(C)C)N(C)C. The molecule has 4 rings (SSSR count). The van der Waals surface area contributed by atoms with E-state index in [1.165, 1.54) is 10.8 Å². The van der Waals surface area contributed by atoms with Crippen LogP contribution in [-0.2, 0) is 29.3 Å². The van der Waals surface area contributed by atoms with Crippen molar-refractivity contribution in [1.82, 2.24) is 19.5 Å². The van der Waals surface area contributed by atoms with Crippen LogP contribution in [0.15, 0.2) is 18.5 Å². The van der Waals surface area contributed by atoms with Gasteiger partial charge in [-0.1, -0.05) is 20.8 Å². The Kier molecular flexibility index (Phi) is 6.64. The van der Waals surface area contributed by atoms with Gasteiger partial charge >= 0.3 is 12.1 Å². The number of aromatic nitrogens is 3. The number of anilines is 1. The fourth-order valence-corrected chi connectivity index (χ4v) is 4.80. The second-order valence-corrected chi connectivity index (χ2v) is 11.3. The molecule has 204 valence electrons. The molecule has 1 aliphatic carbocycles. The van der Waals surface area contributed by atoms with Crippen molar-refractivity contribution in [3.8, 4) is 0 Å². The Morgan fingerprint density at radius 1 is 1.32 bits per heavy atom. The summed E-state index contributed by atoms with van der Waals surface area (Å²) in [5, 5.41) is 26.4. The number of nitrogens with two attached hydrogens (primary N) is 1. The number of carbonyl (C=O) groups is 2. The first-order valence-electron chi connectivity index (χ1n) is 12.0. The Morgan fingerprint density at radius 2 is 2.00 bits per heavy atom. The van der Waals surface area contributed by atoms with E-state index < -0.39 is 53.8 Å². The number of esters is 1. The first kappa shape index (κ1) is 27.0. The quantitative estimate of drug-likeness (QED) is 0.431. The molecule has 0 spiro atoms. The summed E-state index contributed by atoms with van der Waals surface area (Å²) >= 11 is 0. The maximum absolute atomic E-state index is 12.6. The molecule has 1 saturated heterocycles. The van der Waals surface area contributed by atoms with Gasteiger partial charge in [0.2, 0.25) is 0 Å². The zero-order valence-corrected chi connectivity index (χ0v) is 22.0. The van der Waals surface area contributed by atoms with Crippen molar-refractivity contribution in [1.29, 1.82) is 0 Å². The molecule has 2 aliphatic rings. The number of hydrogen-bond acceptors (Lipinski definition) is 12. The first-order chi connectivity index (χ1) is 17.1. The molecule has 0 radical (unpaired) electrons. The summed E-state index contributed by atoms with van der Waals surface area (Å²) in [7, 11) is 3.33. The van der Waals surface area contributed by atoms with Gasteiger partial charge < -0.3 is 34.9 Å². The zero-order valence-electron chi connectivity index (χ0n) is 22.0. The highest BCUT2D eigenvalue weighted by Gasteiger charge is 2.82. The van der Waals surface area contributed by atoms with Crippen LogP contribution in [-0.4, -0.2) is 98.6 Å². The number of likely N-dealkylation sites (N-methyl/N-ethyl adjacent to an activating group) is 1. The van der Waals surface area contributed by atoms with Crippen LogP contribution in [0.25, 0.3) is 5.52 Å². The second-order valence-electron chi connectivity index (χ2n) is 11.3. The molecule has 1 unspecified atom stereocenters. The molecule has 1 aliphatic heterocycles. The summed E-state index contributed by atoms with van der Waals surface area (Å²) in [5.74, 6) is -0.293. The van der Waals surface area contributed by atoms with Crippen LogP contribution in [0.2, 0.25) is 0 Å². The van der Waals surface area contributed by atoms with Crippen LogP contribution in [0.1, 0.15) is 40.3 Å². The fraction of sp³-hybridized carbons (Fsp3) is 0.667. The number of ether oxygens (including phenoxy) is 4. The Bertz CT molecular complexity index is 1200. The lowest BCUT2D eigenvalue weighted by Crippen LogP contribution is -2.48. The number of hydrogen-bond donors (Lipinski definition) is 3. The van der Waals surface area contributed by atoms with E-state index in [0.29, 0.717) is 11.2 Å². The number of aliphatic hydroxyl groups excluding tert-OH is 1. The van der Waals surface area contributed by atoms with Crippen molar-refractivity contribution in [2.45, 2.75) is 76.3 Å². The van der Waals surface area contributed by atoms with Gasteiger partial charge in [0.1, 0.15) is 41.8 Å². The van der Waals surface area contributed by atoms with Gasteiger partial charge in [-0.2, -0.15) is 5.10 Å². The highest BCUT2D eigenvalue weighted by Crippen LogP contribution is 2.59. The number of rotatable bonds is 7. The lowest BCUT2D eigenvalue weighted by Gasteiger charge is -2.32. The highest BCUT2D eigenvalue weighted by molar-refractivity contribution is 5.77. The van der Waals surface area contributed by atoms with Gasteiger partial charge in [-0.25, -0.2) is 14.3 Å². The van der Waals surface area contributed by atoms with Gasteiger partial charge in [0.05, 0.1) is 12.3 Å². The van der Waals surface area contributed by atoms with E-state index in [-0.39, 0.29) is 17.8 Å². The van der Waals surface area contributed by atoms with E-state index in [1.807, 2.05) is 20.8 Å². The van der Waals surface area contributed by atoms with Crippen LogP contribution in [0.4, 0.5) is 10.6 Å². The summed E-state index contributed by atoms with van der Waals surface area (Å²) in [4.78, 5) is 30.7. The van der Waals surface area contributed by atoms with Crippen LogP contribution in [0.3, 0.4) is 0 Å². The normalized spacial score (nSPS) is 30.6. The predicted molar refractivity (Wildman–Crippen MR) is 129 cm³/mol. The summed E-state index contributed by atoms with van der Waals surface area (Å²) in [6, 6.07) is 2.48. The molecule has 2 aromatic heterocycles. The molecule has 0 bridgehead atoms. The Hall–Kier alpha value is -3.00. The van der Waals surface area contributed by atoms with E-state index in [2.05, 4.69) is 10.1 Å². The van der Waals surface area contributed by atoms with E-state index in [1.54, 1.807) is 45.0 Å². The van der Waals surface area contributed by atoms with Crippen LogP contribution in [0, 0.1) is 5.41 Å². The summed E-state index contributed by atoms with van der Waals surface area (Å²) in [6.07, 6.45) is -4.38. The van der Waals surface area contributed by atoms with Gasteiger partial charge in [0.15, 0.2) is 17.5 Å². The summed E-state index contributed by atoms with van der Waals surface area (Å²) in [5.41, 5.74) is 3.41. The molecule has 13 heteroatoms. The molecule has 0 amide bonds. The minimum Gasteiger partial charge on any atom is -0.464 e. The number of nitrogen functional groups attached to an aromatic ring is 1. The average molecular weight is 522 g/mol. The molecule has 1 saturated carbocycles. The van der Waals surface area contributed by atoms with Gasteiger partial charge in [0, 0.05) is 0 Å². The van der Waals surface area contributed by atoms with Crippen LogP contribution < -0.4 is 5.73 Å². The summed E-state index contributed by atoms with van der Waals surface area (Å²) in [6.45, 7) is 9.15. The number of carbonyl (C=O) groups excluding carboxylic acids is 2. The third-order valence-corrected chi connectivity index (χ3v) is 6.79. The Morgan fingerprint density at radius 3 is 2.57 bits per heavy atom. The lowest BCUT2D eigenvalue weighted by molar-refractivity contribution is -0.157. The minimum atomic E-state index is -1.85. The maximum atomic E-state index is 12.6. The van der Waals surface area contributed by atoms with Crippen LogP contribution in [0.5, 0.6) is 0 Å². The first-order valence-corrected chi connectivity index (χ1v) is 12.0. The van der Waals surface area contributed by atoms with Gasteiger partial charge in [-0.15, -0.1) is 0 Å². The van der Waals surface area contributed by atoms with Crippen molar-refractivity contribution in [2.24, 2.45) is 5.41 Å². The van der Waals surface area contributed by atoms with Crippen molar-refractivity contribution < 1.29 is 38.7 Å². The van der Waals surface area contributed by atoms with Crippen molar-refractivity contribution >= 4 is 23.5 Å². The maximum Gasteiger partial charge on any atom is 0.509 e. The van der Waals surface area contributed by atoms with E-state index in [4.69, 9.17) is 24.7 Å². The molecule has 2 fully saturated rings. The third kappa shape index (κ3) is 4.60. The van der Waals surface area contributed by atoms with Gasteiger partial charge in [0.25, 0.3) is 0 Å². The van der Waals surface area contributed by atoms with Crippen molar-refractivity contribution in [3.63, 3.8) is 0 Å². The average Bonchev–Trinajstić information content (AvgIpc) is 3.09. The standard InChI is InChI=1S/C24H35N5O8/c1-12(15(28(6)7)19(30)34-10-22(2,3)4)35-21(32)36-16-17-24(16,33)20(31)23(5,37-17)14-9-8-13-18(25)26-11-27-29(13)14/h8-9,11-12,15-17,20,31,33H,10H2,1-7H3,(H2,25,26,27)/t12-,15+,16?,17-,20+,23+,24-/m1/s1. The Balaban J connectivity index is 1.40. The molecule has 3 heterocycles. The lowest BCUT2D eigenvalue weighted by atomic mass is 9.91. The highest BCUT2D eigenvalue weighted by atomic mass is 16.8. The summed E-state index contributed by atoms with van der Waals surface area (Å²) < 4.78 is 23.5. The molecule has 7 atom stereocenters. The fourth-order valence-electron chi connectivity index (χ4n) is 4.80. The largest absolute Gasteiger partial charge is 0.509 e. The molecular weight excluding hydrogens is 486 g/mol. The molecule has 37 heavy (non-hydrogen) atoms. The molecule has 0 aromatic carbocycles. The van der Waals surface area contributed by atoms with E-state index >= 15 is 0 Å². The molecule has 2 aromatic rings. The molecule has 4 N–H and O–H groups in total. The molecular formula is C24H35N5O8. The smallest absolute Gasteiger partial charge is 0.464 e. The minimum absolute atomic E-state index is 0.202. The number of nitrogens with zero attached hydrogens (tertiary/aromatic N) is 4. The Labute approximate surface area is 214 Å². The third-order valence-electron chi connectivity index (χ3n) is 6.79. The van der Waals surface area contributed by atoms with E-state index in [9.17, 15) is 19.8 Å².